The van der Waals surface area contributed by atoms with Gasteiger partial charge in [0.1, 0.15) is 0 Å². The number of benzene rings is 2. The highest BCUT2D eigenvalue weighted by atomic mass is 32.2. The molecule has 0 heterocycles. The fraction of sp³-hybridized carbons (Fsp3) is 0.538. The van der Waals surface area contributed by atoms with Gasteiger partial charge in [0.05, 0.1) is 9.79 Å². The van der Waals surface area contributed by atoms with Gasteiger partial charge < -0.3 is 29.2 Å². The van der Waals surface area contributed by atoms with Crippen LogP contribution in [0.2, 0.25) is 0 Å². The fourth-order valence-electron chi connectivity index (χ4n) is 3.90. The summed E-state index contributed by atoms with van der Waals surface area (Å²) in [5.41, 5.74) is 13.4. The van der Waals surface area contributed by atoms with Crippen LogP contribution >= 0.6 is 0 Å². The highest BCUT2D eigenvalue weighted by molar-refractivity contribution is 7.92. The first-order valence-corrected chi connectivity index (χ1v) is 17.2. The van der Waals surface area contributed by atoms with Gasteiger partial charge in [0.25, 0.3) is 0 Å². The van der Waals surface area contributed by atoms with Crippen LogP contribution in [0.1, 0.15) is 51.7 Å². The second kappa shape index (κ2) is 16.5. The lowest BCUT2D eigenvalue weighted by Gasteiger charge is -2.21. The first kappa shape index (κ1) is 31.8. The van der Waals surface area contributed by atoms with Gasteiger partial charge in [-0.05, 0) is 89.7 Å². The molecule has 2 aromatic carbocycles. The molecule has 0 atom stereocenters. The van der Waals surface area contributed by atoms with Gasteiger partial charge in [-0.15, -0.1) is 0 Å². The Bertz CT molecular complexity index is 982. The van der Waals surface area contributed by atoms with Gasteiger partial charge in [0.2, 0.25) is 9.84 Å². The Morgan fingerprint density at radius 2 is 1.00 bits per heavy atom. The zero-order chi connectivity index (χ0) is 27.3. The van der Waals surface area contributed by atoms with E-state index in [4.69, 9.17) is 29.2 Å². The van der Waals surface area contributed by atoms with Crippen LogP contribution in [0.4, 0.5) is 0 Å². The summed E-state index contributed by atoms with van der Waals surface area (Å²) in [7, 11) is -8.04. The van der Waals surface area contributed by atoms with E-state index in [0.29, 0.717) is 49.9 Å². The molecule has 0 aliphatic rings. The number of nitrogens with two attached hydrogens (primary N) is 2. The Morgan fingerprint density at radius 3 is 1.30 bits per heavy atom. The maximum atomic E-state index is 14.3. The van der Waals surface area contributed by atoms with Gasteiger partial charge in [-0.25, -0.2) is 8.42 Å². The minimum atomic E-state index is -3.96. The van der Waals surface area contributed by atoms with Crippen LogP contribution in [0.3, 0.4) is 0 Å². The highest BCUT2D eigenvalue weighted by Gasteiger charge is 2.34. The summed E-state index contributed by atoms with van der Waals surface area (Å²) in [4.78, 5) is 0.398. The normalized spacial score (nSPS) is 12.1. The average Bonchev–Trinajstić information content (AvgIpc) is 2.90. The Morgan fingerprint density at radius 1 is 0.649 bits per heavy atom. The molecule has 0 aromatic heterocycles. The number of sulfone groups is 1. The van der Waals surface area contributed by atoms with E-state index in [1.807, 2.05) is 52.0 Å². The molecule has 0 unspecified atom stereocenters. The molecule has 2 radical (unpaired) electrons. The standard InChI is InChI=1S/C26H42N2O6SSi2/c1-5-31-36(32-6-2)25-19-21(11-9-17-27)13-15-23(25)35(29,30)24-16-14-22(12-10-18-28)20-26(24)37(33-7-3)34-8-4/h13-16,19-20H,5-12,17-18,27-28H2,1-4H3. The summed E-state index contributed by atoms with van der Waals surface area (Å²) in [5, 5.41) is 1.17. The van der Waals surface area contributed by atoms with Crippen molar-refractivity contribution in [3.8, 4) is 0 Å². The van der Waals surface area contributed by atoms with Crippen LogP contribution < -0.4 is 21.8 Å². The van der Waals surface area contributed by atoms with Crippen LogP contribution in [0, 0.1) is 0 Å². The lowest BCUT2D eigenvalue weighted by Crippen LogP contribution is -2.43. The summed E-state index contributed by atoms with van der Waals surface area (Å²) in [6.45, 7) is 10.3. The van der Waals surface area contributed by atoms with E-state index in [2.05, 4.69) is 0 Å². The van der Waals surface area contributed by atoms with Crippen molar-refractivity contribution in [1.29, 1.82) is 0 Å². The van der Waals surface area contributed by atoms with Crippen molar-refractivity contribution in [3.05, 3.63) is 47.5 Å². The fourth-order valence-corrected chi connectivity index (χ4v) is 9.65. The van der Waals surface area contributed by atoms with E-state index in [1.54, 1.807) is 12.1 Å². The van der Waals surface area contributed by atoms with Crippen molar-refractivity contribution >= 4 is 38.8 Å². The zero-order valence-electron chi connectivity index (χ0n) is 22.5. The molecule has 0 bridgehead atoms. The number of aryl methyl sites for hydroxylation is 2. The minimum absolute atomic E-state index is 0.199. The lowest BCUT2D eigenvalue weighted by atomic mass is 10.1. The second-order valence-electron chi connectivity index (χ2n) is 8.26. The van der Waals surface area contributed by atoms with Gasteiger partial charge in [0, 0.05) is 36.8 Å². The van der Waals surface area contributed by atoms with E-state index in [-0.39, 0.29) is 9.79 Å². The van der Waals surface area contributed by atoms with Gasteiger partial charge in [-0.1, -0.05) is 24.3 Å². The van der Waals surface area contributed by atoms with Crippen LogP contribution in [0.5, 0.6) is 0 Å². The Labute approximate surface area is 226 Å². The maximum absolute atomic E-state index is 14.3. The first-order chi connectivity index (χ1) is 17.9. The molecule has 0 amide bonds. The van der Waals surface area contributed by atoms with Gasteiger partial charge >= 0.3 is 18.6 Å². The van der Waals surface area contributed by atoms with Crippen molar-refractivity contribution in [1.82, 2.24) is 0 Å². The molecule has 2 rings (SSSR count). The third kappa shape index (κ3) is 8.80. The van der Waals surface area contributed by atoms with Gasteiger partial charge in [-0.3, -0.25) is 0 Å². The maximum Gasteiger partial charge on any atom is 0.424 e. The molecule has 0 aliphatic heterocycles. The van der Waals surface area contributed by atoms with Crippen molar-refractivity contribution in [3.63, 3.8) is 0 Å². The molecule has 0 spiro atoms. The first-order valence-electron chi connectivity index (χ1n) is 13.0. The van der Waals surface area contributed by atoms with Crippen molar-refractivity contribution in [2.24, 2.45) is 11.5 Å². The van der Waals surface area contributed by atoms with Crippen LogP contribution in [-0.4, -0.2) is 66.5 Å². The van der Waals surface area contributed by atoms with Crippen LogP contribution in [-0.2, 0) is 40.4 Å². The van der Waals surface area contributed by atoms with Crippen molar-refractivity contribution in [2.45, 2.75) is 63.2 Å². The molecule has 206 valence electrons. The zero-order valence-corrected chi connectivity index (χ0v) is 25.4. The van der Waals surface area contributed by atoms with E-state index in [1.165, 1.54) is 0 Å². The van der Waals surface area contributed by atoms with Crippen LogP contribution in [0.15, 0.2) is 46.2 Å². The highest BCUT2D eigenvalue weighted by Crippen LogP contribution is 2.22. The summed E-state index contributed by atoms with van der Waals surface area (Å²) >= 11 is 0. The molecule has 0 saturated heterocycles. The molecular weight excluding hydrogens is 525 g/mol. The second-order valence-corrected chi connectivity index (χ2v) is 13.5. The molecule has 0 fully saturated rings. The Kier molecular flexibility index (Phi) is 14.2. The molecular formula is C26H42N2O6SSi2. The quantitative estimate of drug-likeness (QED) is 0.262. The van der Waals surface area contributed by atoms with E-state index >= 15 is 0 Å². The monoisotopic (exact) mass is 566 g/mol. The predicted octanol–water partition coefficient (Wildman–Crippen LogP) is 1.84. The van der Waals surface area contributed by atoms with E-state index in [0.717, 1.165) is 36.8 Å². The predicted molar refractivity (Wildman–Crippen MR) is 150 cm³/mol. The third-order valence-electron chi connectivity index (χ3n) is 5.55. The number of rotatable bonds is 18. The molecule has 0 saturated carbocycles. The summed E-state index contributed by atoms with van der Waals surface area (Å²) in [6, 6.07) is 10.9. The minimum Gasteiger partial charge on any atom is -0.390 e. The third-order valence-corrected chi connectivity index (χ3v) is 11.7. The SMILES string of the molecule is CCO[Si](OCC)c1cc(CCCN)ccc1S(=O)(=O)c1ccc(CCCN)cc1[Si](OCC)OCC. The lowest BCUT2D eigenvalue weighted by molar-refractivity contribution is 0.224. The van der Waals surface area contributed by atoms with Gasteiger partial charge in [-0.2, -0.15) is 0 Å². The molecule has 4 N–H and O–H groups in total. The number of hydrogen-bond acceptors (Lipinski definition) is 8. The topological polar surface area (TPSA) is 123 Å². The van der Waals surface area contributed by atoms with E-state index < -0.39 is 28.4 Å². The van der Waals surface area contributed by atoms with E-state index in [9.17, 15) is 8.42 Å². The summed E-state index contributed by atoms with van der Waals surface area (Å²) < 4.78 is 52.5. The Balaban J connectivity index is 2.74. The molecule has 11 heteroatoms. The van der Waals surface area contributed by atoms with Crippen molar-refractivity contribution in [2.75, 3.05) is 39.5 Å². The summed E-state index contributed by atoms with van der Waals surface area (Å²) in [6.07, 6.45) is 3.11. The number of hydrogen-bond donors (Lipinski definition) is 2. The Hall–Kier alpha value is -1.42. The van der Waals surface area contributed by atoms with Crippen LogP contribution in [0.25, 0.3) is 0 Å². The molecule has 8 nitrogen and oxygen atoms in total. The summed E-state index contributed by atoms with van der Waals surface area (Å²) in [5.74, 6) is 0. The van der Waals surface area contributed by atoms with Gasteiger partial charge in [0.15, 0.2) is 0 Å². The molecule has 2 aromatic rings. The average molecular weight is 567 g/mol. The van der Waals surface area contributed by atoms with Crippen molar-refractivity contribution < 1.29 is 26.1 Å². The molecule has 0 aliphatic carbocycles. The smallest absolute Gasteiger partial charge is 0.390 e. The molecule has 37 heavy (non-hydrogen) atoms. The largest absolute Gasteiger partial charge is 0.424 e.